The molecule has 5 nitrogen and oxygen atoms in total. The lowest BCUT2D eigenvalue weighted by Gasteiger charge is -2.30. The standard InChI is InChI=1S/C8H18F3NO4SSi2/c1-18(2,3)16-19(4,5)6-7(13)12-17(14,15)8(9,10)11/h6H2,1-5H3,(H,12,13). The molecule has 0 aliphatic rings. The van der Waals surface area contributed by atoms with Crippen LogP contribution in [0.5, 0.6) is 0 Å². The summed E-state index contributed by atoms with van der Waals surface area (Å²) >= 11 is 0. The zero-order chi connectivity index (χ0) is 15.7. The van der Waals surface area contributed by atoms with Gasteiger partial charge in [0.2, 0.25) is 5.91 Å². The lowest BCUT2D eigenvalue weighted by Crippen LogP contribution is -2.47. The summed E-state index contributed by atoms with van der Waals surface area (Å²) < 4.78 is 64.5. The summed E-state index contributed by atoms with van der Waals surface area (Å²) in [7, 11) is -10.1. The largest absolute Gasteiger partial charge is 0.516 e. The van der Waals surface area contributed by atoms with Crippen LogP contribution in [0, 0.1) is 0 Å². The van der Waals surface area contributed by atoms with Crippen LogP contribution in [-0.2, 0) is 18.9 Å². The summed E-state index contributed by atoms with van der Waals surface area (Å²) in [6.45, 7) is 8.96. The Kier molecular flexibility index (Phi) is 5.42. The van der Waals surface area contributed by atoms with Crippen LogP contribution in [0.1, 0.15) is 0 Å². The van der Waals surface area contributed by atoms with Crippen molar-refractivity contribution in [2.24, 2.45) is 0 Å². The van der Waals surface area contributed by atoms with Gasteiger partial charge in [-0.3, -0.25) is 4.79 Å². The quantitative estimate of drug-likeness (QED) is 0.779. The number of amides is 1. The molecule has 0 atom stereocenters. The normalized spacial score (nSPS) is 14.3. The van der Waals surface area contributed by atoms with Gasteiger partial charge in [0.1, 0.15) is 0 Å². The first-order chi connectivity index (χ1) is 8.06. The highest BCUT2D eigenvalue weighted by molar-refractivity contribution is 7.90. The van der Waals surface area contributed by atoms with Gasteiger partial charge in [-0.2, -0.15) is 21.6 Å². The van der Waals surface area contributed by atoms with Crippen molar-refractivity contribution in [1.82, 2.24) is 4.72 Å². The highest BCUT2D eigenvalue weighted by atomic mass is 32.2. The Hall–Kier alpha value is -0.396. The topological polar surface area (TPSA) is 72.5 Å². The van der Waals surface area contributed by atoms with Crippen LogP contribution in [0.3, 0.4) is 0 Å². The van der Waals surface area contributed by atoms with Crippen molar-refractivity contribution in [1.29, 1.82) is 0 Å². The number of rotatable bonds is 5. The average molecular weight is 337 g/mol. The van der Waals surface area contributed by atoms with Crippen molar-refractivity contribution >= 4 is 32.6 Å². The van der Waals surface area contributed by atoms with E-state index in [0.717, 1.165) is 4.72 Å². The third kappa shape index (κ3) is 7.08. The Balaban J connectivity index is 4.74. The van der Waals surface area contributed by atoms with Crippen LogP contribution in [-0.4, -0.2) is 36.5 Å². The molecule has 0 aliphatic carbocycles. The zero-order valence-electron chi connectivity index (χ0n) is 11.4. The Morgan fingerprint density at radius 3 is 1.89 bits per heavy atom. The van der Waals surface area contributed by atoms with Gasteiger partial charge in [-0.15, -0.1) is 0 Å². The molecule has 0 bridgehead atoms. The lowest BCUT2D eigenvalue weighted by atomic mass is 10.8. The third-order valence-corrected chi connectivity index (χ3v) is 8.66. The second-order valence-corrected chi connectivity index (χ2v) is 16.2. The molecule has 0 radical (unpaired) electrons. The summed E-state index contributed by atoms with van der Waals surface area (Å²) in [5.74, 6) is -1.19. The lowest BCUT2D eigenvalue weighted by molar-refractivity contribution is -0.118. The molecule has 1 amide bonds. The summed E-state index contributed by atoms with van der Waals surface area (Å²) in [6.07, 6.45) is 0. The van der Waals surface area contributed by atoms with E-state index < -0.39 is 38.1 Å². The van der Waals surface area contributed by atoms with E-state index in [0.29, 0.717) is 0 Å². The van der Waals surface area contributed by atoms with Crippen LogP contribution < -0.4 is 4.72 Å². The van der Waals surface area contributed by atoms with Gasteiger partial charge >= 0.3 is 15.5 Å². The zero-order valence-corrected chi connectivity index (χ0v) is 14.2. The van der Waals surface area contributed by atoms with Crippen molar-refractivity contribution < 1.29 is 30.5 Å². The number of halogens is 3. The molecule has 0 aromatic heterocycles. The fourth-order valence-corrected chi connectivity index (χ4v) is 9.89. The highest BCUT2D eigenvalue weighted by Gasteiger charge is 2.47. The maximum atomic E-state index is 12.1. The molecule has 0 aromatic carbocycles. The molecule has 0 saturated carbocycles. The molecular formula is C8H18F3NO4SSi2. The maximum Gasteiger partial charge on any atom is 0.516 e. The summed E-state index contributed by atoms with van der Waals surface area (Å²) in [6, 6.07) is -0.341. The van der Waals surface area contributed by atoms with Crippen LogP contribution >= 0.6 is 0 Å². The van der Waals surface area contributed by atoms with Gasteiger partial charge in [0.05, 0.1) is 0 Å². The number of hydrogen-bond acceptors (Lipinski definition) is 4. The van der Waals surface area contributed by atoms with Gasteiger partial charge in [0.25, 0.3) is 0 Å². The minimum absolute atomic E-state index is 0.341. The Morgan fingerprint density at radius 2 is 1.58 bits per heavy atom. The van der Waals surface area contributed by atoms with Gasteiger partial charge in [0.15, 0.2) is 16.6 Å². The maximum absolute atomic E-state index is 12.1. The van der Waals surface area contributed by atoms with Crippen molar-refractivity contribution in [2.45, 2.75) is 44.3 Å². The predicted octanol–water partition coefficient (Wildman–Crippen LogP) is 2.01. The molecule has 0 saturated heterocycles. The first kappa shape index (κ1) is 18.6. The first-order valence-corrected chi connectivity index (χ1v) is 13.4. The van der Waals surface area contributed by atoms with Crippen molar-refractivity contribution in [3.8, 4) is 0 Å². The number of alkyl halides is 3. The van der Waals surface area contributed by atoms with Crippen LogP contribution in [0.25, 0.3) is 0 Å². The Bertz CT molecular complexity index is 442. The number of carbonyl (C=O) groups is 1. The second kappa shape index (κ2) is 5.54. The molecule has 19 heavy (non-hydrogen) atoms. The average Bonchev–Trinajstić information content (AvgIpc) is 1.91. The predicted molar refractivity (Wildman–Crippen MR) is 69.8 cm³/mol. The van der Waals surface area contributed by atoms with E-state index in [9.17, 15) is 26.4 Å². The van der Waals surface area contributed by atoms with Gasteiger partial charge in [-0.25, -0.2) is 4.72 Å². The van der Waals surface area contributed by atoms with E-state index in [1.807, 2.05) is 19.6 Å². The highest BCUT2D eigenvalue weighted by Crippen LogP contribution is 2.23. The summed E-state index contributed by atoms with van der Waals surface area (Å²) in [5.41, 5.74) is -5.49. The molecule has 0 fully saturated rings. The molecule has 11 heteroatoms. The van der Waals surface area contributed by atoms with E-state index in [2.05, 4.69) is 0 Å². The SMILES string of the molecule is C[Si](C)(C)O[Si](C)(C)CC(=O)NS(=O)(=O)C(F)(F)F. The van der Waals surface area contributed by atoms with Crippen molar-refractivity contribution in [3.63, 3.8) is 0 Å². The number of sulfonamides is 1. The van der Waals surface area contributed by atoms with Crippen LogP contribution in [0.15, 0.2) is 0 Å². The number of carbonyl (C=O) groups excluding carboxylic acids is 1. The van der Waals surface area contributed by atoms with E-state index in [1.165, 1.54) is 0 Å². The summed E-state index contributed by atoms with van der Waals surface area (Å²) in [4.78, 5) is 11.4. The van der Waals surface area contributed by atoms with Gasteiger partial charge < -0.3 is 4.12 Å². The van der Waals surface area contributed by atoms with Crippen LogP contribution in [0.4, 0.5) is 13.2 Å². The molecule has 0 aliphatic heterocycles. The number of nitrogens with one attached hydrogen (secondary N) is 1. The minimum atomic E-state index is -5.63. The van der Waals surface area contributed by atoms with E-state index in [4.69, 9.17) is 4.12 Å². The molecule has 0 unspecified atom stereocenters. The van der Waals surface area contributed by atoms with Gasteiger partial charge in [0, 0.05) is 6.04 Å². The second-order valence-electron chi connectivity index (χ2n) is 5.63. The molecule has 0 aromatic rings. The molecule has 0 spiro atoms. The van der Waals surface area contributed by atoms with E-state index in [-0.39, 0.29) is 6.04 Å². The fraction of sp³-hybridized carbons (Fsp3) is 0.875. The van der Waals surface area contributed by atoms with Crippen molar-refractivity contribution in [2.75, 3.05) is 0 Å². The number of hydrogen-bond donors (Lipinski definition) is 1. The van der Waals surface area contributed by atoms with E-state index >= 15 is 0 Å². The Labute approximate surface area is 112 Å². The first-order valence-electron chi connectivity index (χ1n) is 5.38. The van der Waals surface area contributed by atoms with Crippen LogP contribution in [0.2, 0.25) is 38.8 Å². The van der Waals surface area contributed by atoms with Gasteiger partial charge in [-0.1, -0.05) is 0 Å². The van der Waals surface area contributed by atoms with E-state index in [1.54, 1.807) is 13.1 Å². The monoisotopic (exact) mass is 337 g/mol. The molecular weight excluding hydrogens is 319 g/mol. The fourth-order valence-electron chi connectivity index (χ4n) is 1.50. The minimum Gasteiger partial charge on any atom is -0.455 e. The molecule has 0 rings (SSSR count). The molecule has 1 N–H and O–H groups in total. The Morgan fingerprint density at radius 1 is 1.16 bits per heavy atom. The summed E-state index contributed by atoms with van der Waals surface area (Å²) in [5, 5.41) is 0. The molecule has 114 valence electrons. The van der Waals surface area contributed by atoms with Gasteiger partial charge in [-0.05, 0) is 32.7 Å². The van der Waals surface area contributed by atoms with Crippen molar-refractivity contribution in [3.05, 3.63) is 0 Å². The smallest absolute Gasteiger partial charge is 0.455 e. The molecule has 0 heterocycles. The third-order valence-electron chi connectivity index (χ3n) is 1.72.